The molecule has 13 aromatic rings. The highest BCUT2D eigenvalue weighted by Gasteiger charge is 2.17. The van der Waals surface area contributed by atoms with Gasteiger partial charge in [0, 0.05) is 38.6 Å². The summed E-state index contributed by atoms with van der Waals surface area (Å²) in [5.74, 6) is 0. The molecule has 69 heavy (non-hydrogen) atoms. The van der Waals surface area contributed by atoms with Crippen molar-refractivity contribution in [3.8, 4) is 66.8 Å². The summed E-state index contributed by atoms with van der Waals surface area (Å²) in [6, 6.07) is 93.3. The number of hydrogen-bond acceptors (Lipinski definition) is 3. The van der Waals surface area contributed by atoms with E-state index in [1.807, 2.05) is 24.3 Å². The lowest BCUT2D eigenvalue weighted by Crippen LogP contribution is -2.10. The topological polar surface area (TPSA) is 29.5 Å². The lowest BCUT2D eigenvalue weighted by atomic mass is 9.89. The van der Waals surface area contributed by atoms with E-state index in [4.69, 9.17) is 8.83 Å². The van der Waals surface area contributed by atoms with Crippen molar-refractivity contribution in [1.82, 2.24) is 0 Å². The van der Waals surface area contributed by atoms with Crippen molar-refractivity contribution in [3.63, 3.8) is 0 Å². The van der Waals surface area contributed by atoms with E-state index in [1.54, 1.807) is 0 Å². The van der Waals surface area contributed by atoms with Gasteiger partial charge in [0.25, 0.3) is 0 Å². The summed E-state index contributed by atoms with van der Waals surface area (Å²) in [6.07, 6.45) is 0. The average Bonchev–Trinajstić information content (AvgIpc) is 4.00. The zero-order valence-electron chi connectivity index (χ0n) is 37.6. The first-order chi connectivity index (χ1) is 34.2. The third kappa shape index (κ3) is 7.43. The fraction of sp³-hybridized carbons (Fsp3) is 0. The molecule has 0 unspecified atom stereocenters. The van der Waals surface area contributed by atoms with E-state index >= 15 is 0 Å². The zero-order chi connectivity index (χ0) is 45.7. The number of rotatable bonds is 9. The predicted octanol–water partition coefficient (Wildman–Crippen LogP) is 19.0. The molecule has 324 valence electrons. The van der Waals surface area contributed by atoms with Gasteiger partial charge in [-0.15, -0.1) is 0 Å². The number of fused-ring (bicyclic) bond motifs is 6. The first-order valence-corrected chi connectivity index (χ1v) is 23.5. The molecule has 0 radical (unpaired) electrons. The maximum atomic E-state index is 6.28. The largest absolute Gasteiger partial charge is 0.456 e. The van der Waals surface area contributed by atoms with Crippen LogP contribution >= 0.6 is 0 Å². The van der Waals surface area contributed by atoms with Gasteiger partial charge in [0.1, 0.15) is 22.3 Å². The van der Waals surface area contributed by atoms with Gasteiger partial charge in [0.15, 0.2) is 0 Å². The van der Waals surface area contributed by atoms with E-state index in [1.165, 1.54) is 22.3 Å². The summed E-state index contributed by atoms with van der Waals surface area (Å²) in [5, 5.41) is 4.46. The smallest absolute Gasteiger partial charge is 0.135 e. The second kappa shape index (κ2) is 16.9. The van der Waals surface area contributed by atoms with Gasteiger partial charge in [-0.2, -0.15) is 0 Å². The van der Waals surface area contributed by atoms with Crippen LogP contribution in [0.1, 0.15) is 0 Å². The van der Waals surface area contributed by atoms with Gasteiger partial charge in [-0.1, -0.05) is 182 Å². The molecule has 0 atom stereocenters. The molecule has 3 nitrogen and oxygen atoms in total. The quantitative estimate of drug-likeness (QED) is 0.145. The molecule has 0 fully saturated rings. The molecule has 0 bridgehead atoms. The van der Waals surface area contributed by atoms with E-state index in [0.717, 1.165) is 105 Å². The first kappa shape index (κ1) is 40.1. The van der Waals surface area contributed by atoms with Crippen LogP contribution in [0, 0.1) is 0 Å². The third-order valence-corrected chi connectivity index (χ3v) is 13.5. The van der Waals surface area contributed by atoms with Crippen LogP contribution in [0.25, 0.3) is 111 Å². The summed E-state index contributed by atoms with van der Waals surface area (Å²) in [6.45, 7) is 0. The van der Waals surface area contributed by atoms with Crippen molar-refractivity contribution in [2.45, 2.75) is 0 Å². The summed E-state index contributed by atoms with van der Waals surface area (Å²) in [5.41, 5.74) is 20.7. The van der Waals surface area contributed by atoms with Gasteiger partial charge in [0.2, 0.25) is 0 Å². The van der Waals surface area contributed by atoms with E-state index in [-0.39, 0.29) is 0 Å². The van der Waals surface area contributed by atoms with Gasteiger partial charge in [0.05, 0.1) is 0 Å². The molecule has 0 spiro atoms. The molecule has 0 aliphatic heterocycles. The maximum absolute atomic E-state index is 6.28. The highest BCUT2D eigenvalue weighted by Crippen LogP contribution is 2.42. The minimum atomic E-state index is 0.883. The molecule has 11 aromatic carbocycles. The molecule has 2 aromatic heterocycles. The summed E-state index contributed by atoms with van der Waals surface area (Å²) in [7, 11) is 0. The van der Waals surface area contributed by atoms with Crippen LogP contribution in [0.4, 0.5) is 17.1 Å². The van der Waals surface area contributed by atoms with Crippen LogP contribution in [-0.2, 0) is 0 Å². The van der Waals surface area contributed by atoms with Crippen molar-refractivity contribution in [3.05, 3.63) is 261 Å². The molecular weight excluding hydrogens is 839 g/mol. The summed E-state index contributed by atoms with van der Waals surface area (Å²) >= 11 is 0. The van der Waals surface area contributed by atoms with Gasteiger partial charge < -0.3 is 13.7 Å². The summed E-state index contributed by atoms with van der Waals surface area (Å²) < 4.78 is 12.5. The number of hydrogen-bond donors (Lipinski definition) is 0. The minimum absolute atomic E-state index is 0.883. The summed E-state index contributed by atoms with van der Waals surface area (Å²) in [4.78, 5) is 2.35. The van der Waals surface area contributed by atoms with E-state index in [2.05, 4.69) is 241 Å². The van der Waals surface area contributed by atoms with E-state index in [0.29, 0.717) is 0 Å². The van der Waals surface area contributed by atoms with Gasteiger partial charge >= 0.3 is 0 Å². The second-order valence-electron chi connectivity index (χ2n) is 17.7. The Morgan fingerprint density at radius 2 is 0.594 bits per heavy atom. The lowest BCUT2D eigenvalue weighted by Gasteiger charge is -2.26. The Balaban J connectivity index is 0.882. The van der Waals surface area contributed by atoms with Gasteiger partial charge in [-0.25, -0.2) is 0 Å². The van der Waals surface area contributed by atoms with Crippen molar-refractivity contribution < 1.29 is 8.83 Å². The Bertz CT molecular complexity index is 3900. The molecule has 2 heterocycles. The van der Waals surface area contributed by atoms with Crippen molar-refractivity contribution in [2.75, 3.05) is 4.90 Å². The fourth-order valence-corrected chi connectivity index (χ4v) is 9.99. The highest BCUT2D eigenvalue weighted by atomic mass is 16.3. The van der Waals surface area contributed by atoms with Crippen molar-refractivity contribution in [1.29, 1.82) is 0 Å². The molecule has 0 aliphatic carbocycles. The lowest BCUT2D eigenvalue weighted by molar-refractivity contribution is 0.668. The Morgan fingerprint density at radius 1 is 0.203 bits per heavy atom. The normalized spacial score (nSPS) is 11.5. The van der Waals surface area contributed by atoms with E-state index < -0.39 is 0 Å². The molecule has 0 N–H and O–H groups in total. The third-order valence-electron chi connectivity index (χ3n) is 13.5. The number of anilines is 3. The molecule has 3 heteroatoms. The van der Waals surface area contributed by atoms with Gasteiger partial charge in [-0.05, 0) is 146 Å². The number of benzene rings is 11. The fourth-order valence-electron chi connectivity index (χ4n) is 9.99. The molecule has 0 aliphatic rings. The van der Waals surface area contributed by atoms with Crippen LogP contribution in [0.3, 0.4) is 0 Å². The SMILES string of the molecule is c1ccc(-c2ccc(N(c3ccc(-c4ccccc4)cc3)c3cccc(-c4ccc(-c5ccc(-c6ccc7oc8ccccc8c7c6)cc5-c5ccc6oc7ccccc7c6c5)cc4)c3)cc2)cc1. The Labute approximate surface area is 400 Å². The molecule has 0 amide bonds. The molecule has 13 rings (SSSR count). The van der Waals surface area contributed by atoms with Gasteiger partial charge in [-0.3, -0.25) is 0 Å². The molecule has 0 saturated heterocycles. The van der Waals surface area contributed by atoms with Crippen LogP contribution < -0.4 is 4.90 Å². The maximum Gasteiger partial charge on any atom is 0.135 e. The predicted molar refractivity (Wildman–Crippen MR) is 288 cm³/mol. The number of para-hydroxylation sites is 2. The first-order valence-electron chi connectivity index (χ1n) is 23.5. The average molecular weight is 882 g/mol. The van der Waals surface area contributed by atoms with Crippen molar-refractivity contribution in [2.24, 2.45) is 0 Å². The number of furan rings is 2. The standard InChI is InChI=1S/C66H43NO2/c1-3-12-44(13-4-1)46-26-33-54(34-27-46)67(55-35-28-47(29-36-55)45-14-5-2-6-15-45)56-17-11-16-50(40-56)48-22-24-49(25-23-48)57-37-30-51(52-31-38-65-61(42-52)58-18-7-9-20-63(58)68-65)41-60(57)53-32-39-66-62(43-53)59-19-8-10-21-64(59)69-66/h1-43H. The Hall–Kier alpha value is -9.18. The van der Waals surface area contributed by atoms with Crippen LogP contribution in [0.5, 0.6) is 0 Å². The Morgan fingerprint density at radius 3 is 1.19 bits per heavy atom. The monoisotopic (exact) mass is 881 g/mol. The van der Waals surface area contributed by atoms with Crippen LogP contribution in [0.15, 0.2) is 270 Å². The van der Waals surface area contributed by atoms with Crippen molar-refractivity contribution >= 4 is 60.9 Å². The Kier molecular flexibility index (Phi) is 9.84. The van der Waals surface area contributed by atoms with Crippen LogP contribution in [0.2, 0.25) is 0 Å². The number of nitrogens with zero attached hydrogens (tertiary/aromatic N) is 1. The van der Waals surface area contributed by atoms with E-state index in [9.17, 15) is 0 Å². The zero-order valence-corrected chi connectivity index (χ0v) is 37.6. The molecule has 0 saturated carbocycles. The second-order valence-corrected chi connectivity index (χ2v) is 17.7. The minimum Gasteiger partial charge on any atom is -0.456 e. The highest BCUT2D eigenvalue weighted by molar-refractivity contribution is 6.08. The van der Waals surface area contributed by atoms with Crippen LogP contribution in [-0.4, -0.2) is 0 Å². The molecular formula is C66H43NO2.